The molecule has 0 aromatic heterocycles. The van der Waals surface area contributed by atoms with E-state index in [2.05, 4.69) is 25.4 Å². The molecule has 0 amide bonds. The zero-order valence-corrected chi connectivity index (χ0v) is 12.6. The molecular formula is C10H12BrF3N2O3S. The van der Waals surface area contributed by atoms with Gasteiger partial charge in [0.05, 0.1) is 9.72 Å². The molecule has 0 fully saturated rings. The van der Waals surface area contributed by atoms with Gasteiger partial charge in [-0.3, -0.25) is 4.72 Å². The molecule has 3 N–H and O–H groups in total. The van der Waals surface area contributed by atoms with Gasteiger partial charge in [-0.25, -0.2) is 8.42 Å². The molecule has 0 aliphatic heterocycles. The number of benzene rings is 1. The smallest absolute Gasteiger partial charge is 0.405 e. The maximum Gasteiger partial charge on any atom is 0.573 e. The van der Waals surface area contributed by atoms with Crippen molar-refractivity contribution in [3.63, 3.8) is 0 Å². The van der Waals surface area contributed by atoms with Gasteiger partial charge in [-0.15, -0.1) is 13.2 Å². The number of hydrogen-bond acceptors (Lipinski definition) is 4. The van der Waals surface area contributed by atoms with Crippen molar-refractivity contribution in [1.29, 1.82) is 0 Å². The number of halogens is 4. The molecule has 1 rings (SSSR count). The van der Waals surface area contributed by atoms with E-state index in [9.17, 15) is 21.6 Å². The number of rotatable bonds is 5. The predicted molar refractivity (Wildman–Crippen MR) is 71.9 cm³/mol. The van der Waals surface area contributed by atoms with Crippen LogP contribution in [0, 0.1) is 0 Å². The molecule has 114 valence electrons. The fourth-order valence-electron chi connectivity index (χ4n) is 1.16. The van der Waals surface area contributed by atoms with E-state index < -0.39 is 27.4 Å². The third kappa shape index (κ3) is 4.84. The summed E-state index contributed by atoms with van der Waals surface area (Å²) in [4.78, 5) is 0. The Balaban J connectivity index is 2.94. The molecule has 0 saturated carbocycles. The minimum atomic E-state index is -4.82. The Labute approximate surface area is 122 Å². The molecule has 10 heteroatoms. The van der Waals surface area contributed by atoms with E-state index >= 15 is 0 Å². The highest BCUT2D eigenvalue weighted by Gasteiger charge is 2.32. The summed E-state index contributed by atoms with van der Waals surface area (Å²) in [5, 5.41) is -0.827. The number of ether oxygens (including phenoxy) is 1. The number of alkyl halides is 3. The first-order valence-electron chi connectivity index (χ1n) is 5.32. The predicted octanol–water partition coefficient (Wildman–Crippen LogP) is 2.44. The second-order valence-corrected chi connectivity index (χ2v) is 6.84. The lowest BCUT2D eigenvalue weighted by Crippen LogP contribution is -2.31. The van der Waals surface area contributed by atoms with Crippen molar-refractivity contribution < 1.29 is 26.3 Å². The Kier molecular flexibility index (Phi) is 5.27. The van der Waals surface area contributed by atoms with Gasteiger partial charge in [0.1, 0.15) is 5.75 Å². The Morgan fingerprint density at radius 3 is 2.50 bits per heavy atom. The van der Waals surface area contributed by atoms with Crippen molar-refractivity contribution in [2.75, 3.05) is 11.3 Å². The first-order valence-corrected chi connectivity index (χ1v) is 7.66. The molecule has 20 heavy (non-hydrogen) atoms. The lowest BCUT2D eigenvalue weighted by atomic mass is 10.3. The molecule has 0 heterocycles. The molecule has 0 aliphatic rings. The zero-order valence-electron chi connectivity index (χ0n) is 10.2. The normalized spacial score (nSPS) is 13.9. The van der Waals surface area contributed by atoms with Crippen molar-refractivity contribution in [1.82, 2.24) is 0 Å². The van der Waals surface area contributed by atoms with Gasteiger partial charge in [0.25, 0.3) is 0 Å². The fourth-order valence-corrected chi connectivity index (χ4v) is 2.53. The highest BCUT2D eigenvalue weighted by atomic mass is 79.9. The van der Waals surface area contributed by atoms with Crippen LogP contribution in [0.25, 0.3) is 0 Å². The Morgan fingerprint density at radius 2 is 2.05 bits per heavy atom. The molecule has 1 atom stereocenters. The van der Waals surface area contributed by atoms with Gasteiger partial charge in [0, 0.05) is 12.2 Å². The quantitative estimate of drug-likeness (QED) is 0.826. The summed E-state index contributed by atoms with van der Waals surface area (Å²) in [6.45, 7) is 1.34. The zero-order chi connectivity index (χ0) is 15.6. The molecule has 1 unspecified atom stereocenters. The number of sulfonamides is 1. The van der Waals surface area contributed by atoms with Crippen LogP contribution < -0.4 is 15.2 Å². The number of nitrogens with two attached hydrogens (primary N) is 1. The molecule has 1 aromatic rings. The molecule has 0 bridgehead atoms. The summed E-state index contributed by atoms with van der Waals surface area (Å²) >= 11 is 2.88. The molecule has 0 radical (unpaired) electrons. The SMILES string of the molecule is CC(CN)S(=O)(=O)Nc1ccc(OC(F)(F)F)c(Br)c1. The second kappa shape index (κ2) is 6.19. The van der Waals surface area contributed by atoms with Gasteiger partial charge in [-0.2, -0.15) is 0 Å². The van der Waals surface area contributed by atoms with Crippen LogP contribution in [0.15, 0.2) is 22.7 Å². The van der Waals surface area contributed by atoms with Gasteiger partial charge in [-0.1, -0.05) is 0 Å². The maximum atomic E-state index is 12.1. The van der Waals surface area contributed by atoms with E-state index in [1.165, 1.54) is 13.0 Å². The van der Waals surface area contributed by atoms with E-state index in [1.807, 2.05) is 0 Å². The van der Waals surface area contributed by atoms with Gasteiger partial charge < -0.3 is 10.5 Å². The lowest BCUT2D eigenvalue weighted by molar-refractivity contribution is -0.274. The summed E-state index contributed by atoms with van der Waals surface area (Å²) in [5.74, 6) is -0.465. The van der Waals surface area contributed by atoms with E-state index in [0.29, 0.717) is 0 Å². The number of hydrogen-bond donors (Lipinski definition) is 2. The highest BCUT2D eigenvalue weighted by Crippen LogP contribution is 2.32. The summed E-state index contributed by atoms with van der Waals surface area (Å²) in [6, 6.07) is 3.33. The van der Waals surface area contributed by atoms with Crippen LogP contribution in [0.2, 0.25) is 0 Å². The van der Waals surface area contributed by atoms with Gasteiger partial charge >= 0.3 is 6.36 Å². The third-order valence-electron chi connectivity index (χ3n) is 2.28. The van der Waals surface area contributed by atoms with Crippen LogP contribution in [0.4, 0.5) is 18.9 Å². The standard InChI is InChI=1S/C10H12BrF3N2O3S/c1-6(5-15)20(17,18)16-7-2-3-9(8(11)4-7)19-10(12,13)14/h2-4,6,16H,5,15H2,1H3. The van der Waals surface area contributed by atoms with E-state index in [4.69, 9.17) is 5.73 Å². The van der Waals surface area contributed by atoms with Gasteiger partial charge in [0.2, 0.25) is 10.0 Å². The van der Waals surface area contributed by atoms with Crippen molar-refractivity contribution in [2.24, 2.45) is 5.73 Å². The summed E-state index contributed by atoms with van der Waals surface area (Å²) < 4.78 is 65.6. The number of anilines is 1. The van der Waals surface area contributed by atoms with Crippen LogP contribution in [-0.2, 0) is 10.0 Å². The highest BCUT2D eigenvalue weighted by molar-refractivity contribution is 9.10. The van der Waals surface area contributed by atoms with E-state index in [-0.39, 0.29) is 16.7 Å². The van der Waals surface area contributed by atoms with Crippen molar-refractivity contribution in [2.45, 2.75) is 18.5 Å². The summed E-state index contributed by atoms with van der Waals surface area (Å²) in [6.07, 6.45) is -4.82. The Hall–Kier alpha value is -1.00. The Bertz CT molecular complexity index is 578. The van der Waals surface area contributed by atoms with Crippen molar-refractivity contribution in [3.05, 3.63) is 22.7 Å². The minimum absolute atomic E-state index is 0.0320. The van der Waals surface area contributed by atoms with Crippen molar-refractivity contribution >= 4 is 31.6 Å². The topological polar surface area (TPSA) is 81.4 Å². The summed E-state index contributed by atoms with van der Waals surface area (Å²) in [7, 11) is -3.69. The molecular weight excluding hydrogens is 365 g/mol. The third-order valence-corrected chi connectivity index (χ3v) is 4.67. The first-order chi connectivity index (χ1) is 9.05. The summed E-state index contributed by atoms with van der Waals surface area (Å²) in [5.41, 5.74) is 5.37. The maximum absolute atomic E-state index is 12.1. The molecule has 0 spiro atoms. The van der Waals surface area contributed by atoms with Crippen LogP contribution >= 0.6 is 15.9 Å². The lowest BCUT2D eigenvalue weighted by Gasteiger charge is -2.15. The van der Waals surface area contributed by atoms with Gasteiger partial charge in [0.15, 0.2) is 0 Å². The van der Waals surface area contributed by atoms with Crippen LogP contribution in [-0.4, -0.2) is 26.6 Å². The minimum Gasteiger partial charge on any atom is -0.405 e. The van der Waals surface area contributed by atoms with E-state index in [0.717, 1.165) is 12.1 Å². The molecule has 0 saturated heterocycles. The second-order valence-electron chi connectivity index (χ2n) is 3.89. The molecule has 5 nitrogen and oxygen atoms in total. The largest absolute Gasteiger partial charge is 0.573 e. The van der Waals surface area contributed by atoms with Crippen molar-refractivity contribution in [3.8, 4) is 5.75 Å². The van der Waals surface area contributed by atoms with E-state index in [1.54, 1.807) is 0 Å². The van der Waals surface area contributed by atoms with Crippen LogP contribution in [0.3, 0.4) is 0 Å². The van der Waals surface area contributed by atoms with Crippen LogP contribution in [0.1, 0.15) is 6.92 Å². The average molecular weight is 377 g/mol. The monoisotopic (exact) mass is 376 g/mol. The van der Waals surface area contributed by atoms with Crippen LogP contribution in [0.5, 0.6) is 5.75 Å². The average Bonchev–Trinajstić information content (AvgIpc) is 2.29. The Morgan fingerprint density at radius 1 is 1.45 bits per heavy atom. The first kappa shape index (κ1) is 17.1. The molecule has 0 aliphatic carbocycles. The number of nitrogens with one attached hydrogen (secondary N) is 1. The molecule has 1 aromatic carbocycles. The van der Waals surface area contributed by atoms with Gasteiger partial charge in [-0.05, 0) is 41.1 Å². The fraction of sp³-hybridized carbons (Fsp3) is 0.400.